The zero-order chi connectivity index (χ0) is 20.8. The van der Waals surface area contributed by atoms with E-state index in [9.17, 15) is 9.00 Å². The largest absolute Gasteiger partial charge is 0.478 e. The molecular formula is C23H27NO4S. The van der Waals surface area contributed by atoms with E-state index in [-0.39, 0.29) is 0 Å². The number of benzene rings is 2. The zero-order valence-electron chi connectivity index (χ0n) is 16.8. The summed E-state index contributed by atoms with van der Waals surface area (Å²) in [5, 5.41) is 8.77. The summed E-state index contributed by atoms with van der Waals surface area (Å²) >= 11 is 0. The fourth-order valence-electron chi connectivity index (χ4n) is 3.57. The van der Waals surface area contributed by atoms with Gasteiger partial charge in [-0.15, -0.1) is 0 Å². The van der Waals surface area contributed by atoms with Gasteiger partial charge in [0.05, 0.1) is 33.7 Å². The fraction of sp³-hybridized carbons (Fsp3) is 0.348. The Morgan fingerprint density at radius 3 is 2.76 bits per heavy atom. The summed E-state index contributed by atoms with van der Waals surface area (Å²) < 4.78 is 18.7. The Bertz CT molecular complexity index is 911. The highest BCUT2D eigenvalue weighted by atomic mass is 32.2. The molecule has 0 saturated carbocycles. The van der Waals surface area contributed by atoms with Crippen LogP contribution in [0, 0.1) is 12.8 Å². The van der Waals surface area contributed by atoms with Gasteiger partial charge in [-0.2, -0.15) is 0 Å². The second-order valence-electron chi connectivity index (χ2n) is 7.31. The number of aryl methyl sites for hydroxylation is 1. The van der Waals surface area contributed by atoms with Crippen LogP contribution in [0.25, 0.3) is 0 Å². The number of nitrogens with zero attached hydrogens (tertiary/aromatic N) is 1. The molecule has 0 fully saturated rings. The first kappa shape index (κ1) is 21.1. The first-order valence-electron chi connectivity index (χ1n) is 9.91. The van der Waals surface area contributed by atoms with Crippen molar-refractivity contribution >= 4 is 28.1 Å². The van der Waals surface area contributed by atoms with Crippen molar-refractivity contribution in [2.75, 3.05) is 17.2 Å². The molecule has 1 aliphatic rings. The first-order chi connectivity index (χ1) is 14.0. The Morgan fingerprint density at radius 1 is 1.31 bits per heavy atom. The van der Waals surface area contributed by atoms with Gasteiger partial charge in [-0.3, -0.25) is 4.21 Å². The van der Waals surface area contributed by atoms with Crippen molar-refractivity contribution in [2.24, 2.45) is 5.92 Å². The molecule has 3 rings (SSSR count). The van der Waals surface area contributed by atoms with Crippen molar-refractivity contribution in [3.63, 3.8) is 0 Å². The van der Waals surface area contributed by atoms with E-state index < -0.39 is 16.8 Å². The average molecular weight is 414 g/mol. The highest BCUT2D eigenvalue weighted by Gasteiger charge is 2.28. The highest BCUT2D eigenvalue weighted by Crippen LogP contribution is 2.39. The van der Waals surface area contributed by atoms with Gasteiger partial charge in [0, 0.05) is 18.0 Å². The second kappa shape index (κ2) is 9.74. The molecule has 0 bridgehead atoms. The number of aliphatic carboxylic acids is 1. The van der Waals surface area contributed by atoms with Crippen molar-refractivity contribution in [3.8, 4) is 5.75 Å². The smallest absolute Gasteiger partial charge is 0.331 e. The van der Waals surface area contributed by atoms with Crippen LogP contribution in [0.1, 0.15) is 31.7 Å². The van der Waals surface area contributed by atoms with E-state index in [4.69, 9.17) is 9.84 Å². The summed E-state index contributed by atoms with van der Waals surface area (Å²) in [6, 6.07) is 14.0. The van der Waals surface area contributed by atoms with Gasteiger partial charge in [0.25, 0.3) is 0 Å². The number of ether oxygens (including phenoxy) is 1. The van der Waals surface area contributed by atoms with Crippen molar-refractivity contribution < 1.29 is 18.8 Å². The number of carboxylic acids is 1. The summed E-state index contributed by atoms with van der Waals surface area (Å²) in [4.78, 5) is 13.7. The van der Waals surface area contributed by atoms with Gasteiger partial charge in [-0.1, -0.05) is 38.0 Å². The number of anilines is 2. The SMILES string of the molecule is CCCCC1CN(c2ccccc2)c2cc(C)c(O/C=C/C(=O)O)cc2S(=O)C1. The number of carboxylic acid groups (broad SMARTS) is 1. The molecule has 2 atom stereocenters. The van der Waals surface area contributed by atoms with Gasteiger partial charge < -0.3 is 14.7 Å². The number of hydrogen-bond donors (Lipinski definition) is 1. The van der Waals surface area contributed by atoms with Gasteiger partial charge in [-0.25, -0.2) is 4.79 Å². The highest BCUT2D eigenvalue weighted by molar-refractivity contribution is 7.85. The molecule has 0 saturated heterocycles. The summed E-state index contributed by atoms with van der Waals surface area (Å²) in [6.45, 7) is 4.91. The van der Waals surface area contributed by atoms with E-state index in [1.165, 1.54) is 0 Å². The molecule has 0 aliphatic carbocycles. The van der Waals surface area contributed by atoms with Crippen LogP contribution in [0.4, 0.5) is 11.4 Å². The molecule has 0 aromatic heterocycles. The molecule has 154 valence electrons. The van der Waals surface area contributed by atoms with Crippen LogP contribution in [0.3, 0.4) is 0 Å². The predicted molar refractivity (Wildman–Crippen MR) is 116 cm³/mol. The van der Waals surface area contributed by atoms with Crippen LogP contribution in [-0.4, -0.2) is 27.6 Å². The quantitative estimate of drug-likeness (QED) is 0.509. The minimum absolute atomic E-state index is 0.333. The molecular weight excluding hydrogens is 386 g/mol. The Labute approximate surface area is 174 Å². The van der Waals surface area contributed by atoms with Gasteiger partial charge >= 0.3 is 5.97 Å². The lowest BCUT2D eigenvalue weighted by Gasteiger charge is -2.28. The molecule has 1 N–H and O–H groups in total. The van der Waals surface area contributed by atoms with E-state index in [2.05, 4.69) is 24.0 Å². The number of fused-ring (bicyclic) bond motifs is 1. The third-order valence-electron chi connectivity index (χ3n) is 5.06. The molecule has 0 amide bonds. The maximum atomic E-state index is 13.2. The van der Waals surface area contributed by atoms with Crippen molar-refractivity contribution in [2.45, 2.75) is 38.0 Å². The van der Waals surface area contributed by atoms with Crippen LogP contribution in [0.5, 0.6) is 5.75 Å². The Morgan fingerprint density at radius 2 is 2.07 bits per heavy atom. The number of hydrogen-bond acceptors (Lipinski definition) is 4. The molecule has 2 aromatic rings. The molecule has 0 radical (unpaired) electrons. The Hall–Kier alpha value is -2.60. The standard InChI is InChI=1S/C23H27NO4S/c1-3-4-8-18-15-24(19-9-6-5-7-10-19)20-13-17(2)21(28-12-11-23(25)26)14-22(20)29(27)16-18/h5-7,9-14,18H,3-4,8,15-16H2,1-2H3,(H,25,26)/b12-11+. The summed E-state index contributed by atoms with van der Waals surface area (Å²) in [5.74, 6) is 0.397. The minimum atomic E-state index is -1.16. The maximum Gasteiger partial charge on any atom is 0.331 e. The summed E-state index contributed by atoms with van der Waals surface area (Å²) in [7, 11) is -1.16. The molecule has 29 heavy (non-hydrogen) atoms. The van der Waals surface area contributed by atoms with Crippen LogP contribution in [0.15, 0.2) is 59.7 Å². The van der Waals surface area contributed by atoms with Crippen LogP contribution in [0.2, 0.25) is 0 Å². The van der Waals surface area contributed by atoms with Crippen molar-refractivity contribution in [1.82, 2.24) is 0 Å². The minimum Gasteiger partial charge on any atom is -0.478 e. The molecule has 2 unspecified atom stereocenters. The number of rotatable bonds is 7. The predicted octanol–water partition coefficient (Wildman–Crippen LogP) is 5.04. The Balaban J connectivity index is 2.03. The van der Waals surface area contributed by atoms with Gasteiger partial charge in [-0.05, 0) is 49.1 Å². The van der Waals surface area contributed by atoms with Gasteiger partial charge in [0.2, 0.25) is 0 Å². The van der Waals surface area contributed by atoms with Crippen molar-refractivity contribution in [1.29, 1.82) is 0 Å². The van der Waals surface area contributed by atoms with E-state index >= 15 is 0 Å². The summed E-state index contributed by atoms with van der Waals surface area (Å²) in [6.07, 6.45) is 5.38. The van der Waals surface area contributed by atoms with E-state index in [0.29, 0.717) is 17.4 Å². The lowest BCUT2D eigenvalue weighted by Crippen LogP contribution is -2.25. The molecule has 5 nitrogen and oxygen atoms in total. The summed E-state index contributed by atoms with van der Waals surface area (Å²) in [5.41, 5.74) is 2.87. The zero-order valence-corrected chi connectivity index (χ0v) is 17.7. The van der Waals surface area contributed by atoms with E-state index in [1.54, 1.807) is 6.07 Å². The van der Waals surface area contributed by atoms with Crippen LogP contribution >= 0.6 is 0 Å². The van der Waals surface area contributed by atoms with E-state index in [1.807, 2.05) is 31.2 Å². The molecule has 1 aliphatic heterocycles. The maximum absolute atomic E-state index is 13.2. The third-order valence-corrected chi connectivity index (χ3v) is 6.65. The van der Waals surface area contributed by atoms with Crippen molar-refractivity contribution in [3.05, 3.63) is 60.4 Å². The molecule has 0 spiro atoms. The van der Waals surface area contributed by atoms with Gasteiger partial charge in [0.15, 0.2) is 0 Å². The van der Waals surface area contributed by atoms with Crippen LogP contribution in [-0.2, 0) is 15.6 Å². The number of carbonyl (C=O) groups is 1. The lowest BCUT2D eigenvalue weighted by molar-refractivity contribution is -0.131. The monoisotopic (exact) mass is 413 g/mol. The second-order valence-corrected chi connectivity index (χ2v) is 8.78. The average Bonchev–Trinajstić information content (AvgIpc) is 2.83. The van der Waals surface area contributed by atoms with Gasteiger partial charge in [0.1, 0.15) is 5.75 Å². The Kier molecular flexibility index (Phi) is 7.09. The number of unbranched alkanes of at least 4 members (excludes halogenated alkanes) is 1. The third kappa shape index (κ3) is 5.26. The normalized spacial score (nSPS) is 19.0. The molecule has 6 heteroatoms. The fourth-order valence-corrected chi connectivity index (χ4v) is 5.09. The molecule has 1 heterocycles. The van der Waals surface area contributed by atoms with Crippen LogP contribution < -0.4 is 9.64 Å². The topological polar surface area (TPSA) is 66.8 Å². The number of para-hydroxylation sites is 1. The lowest BCUT2D eigenvalue weighted by atomic mass is 10.0. The van der Waals surface area contributed by atoms with E-state index in [0.717, 1.165) is 60.0 Å². The molecule has 2 aromatic carbocycles. The first-order valence-corrected chi connectivity index (χ1v) is 11.2.